The number of aryl methyl sites for hydroxylation is 1. The van der Waals surface area contributed by atoms with E-state index in [9.17, 15) is 4.79 Å². The van der Waals surface area contributed by atoms with Crippen molar-refractivity contribution in [2.45, 2.75) is 52.3 Å². The summed E-state index contributed by atoms with van der Waals surface area (Å²) in [5.41, 5.74) is 3.55. The van der Waals surface area contributed by atoms with Gasteiger partial charge in [0.05, 0.1) is 0 Å². The minimum absolute atomic E-state index is 0.0918. The van der Waals surface area contributed by atoms with Crippen molar-refractivity contribution in [2.75, 3.05) is 13.1 Å². The molecule has 27 heavy (non-hydrogen) atoms. The first-order valence-electron chi connectivity index (χ1n) is 9.98. The third-order valence-corrected chi connectivity index (χ3v) is 5.09. The van der Waals surface area contributed by atoms with Crippen molar-refractivity contribution in [3.63, 3.8) is 0 Å². The van der Waals surface area contributed by atoms with Gasteiger partial charge < -0.3 is 10.1 Å². The number of rotatable bonds is 8. The largest absolute Gasteiger partial charge is 0.481 e. The zero-order valence-corrected chi connectivity index (χ0v) is 16.4. The molecule has 1 saturated heterocycles. The Hall–Kier alpha value is -2.33. The van der Waals surface area contributed by atoms with E-state index < -0.39 is 6.10 Å². The van der Waals surface area contributed by atoms with Crippen LogP contribution >= 0.6 is 0 Å². The highest BCUT2D eigenvalue weighted by molar-refractivity contribution is 5.80. The molecule has 0 radical (unpaired) electrons. The average molecular weight is 367 g/mol. The molecule has 4 nitrogen and oxygen atoms in total. The second kappa shape index (κ2) is 9.56. The number of nitrogens with one attached hydrogen (secondary N) is 1. The van der Waals surface area contributed by atoms with E-state index in [4.69, 9.17) is 4.74 Å². The van der Waals surface area contributed by atoms with Gasteiger partial charge in [0.15, 0.2) is 6.10 Å². The standard InChI is InChI=1S/C23H30N2O2/c1-3-21-11-4-5-12-22(21)27-18(2)23(26)24-16-19-9-8-10-20(15-19)17-25-13-6-7-14-25/h4-5,8-12,15,18H,3,6-7,13-14,16-17H2,1-2H3,(H,24,26). The van der Waals surface area contributed by atoms with Crippen LogP contribution in [0.5, 0.6) is 5.75 Å². The Bertz CT molecular complexity index is 754. The molecule has 0 aromatic heterocycles. The van der Waals surface area contributed by atoms with E-state index in [-0.39, 0.29) is 5.91 Å². The molecule has 1 atom stereocenters. The van der Waals surface area contributed by atoms with Crippen molar-refractivity contribution < 1.29 is 9.53 Å². The monoisotopic (exact) mass is 366 g/mol. The van der Waals surface area contributed by atoms with Crippen LogP contribution in [0.15, 0.2) is 48.5 Å². The van der Waals surface area contributed by atoms with Gasteiger partial charge in [-0.1, -0.05) is 49.4 Å². The summed E-state index contributed by atoms with van der Waals surface area (Å²) in [5, 5.41) is 3.00. The number of ether oxygens (including phenoxy) is 1. The van der Waals surface area contributed by atoms with Crippen LogP contribution in [0.4, 0.5) is 0 Å². The number of amides is 1. The van der Waals surface area contributed by atoms with Gasteiger partial charge in [0, 0.05) is 13.1 Å². The molecule has 1 aliphatic heterocycles. The summed E-state index contributed by atoms with van der Waals surface area (Å²) in [6.45, 7) is 7.78. The second-order valence-electron chi connectivity index (χ2n) is 7.24. The quantitative estimate of drug-likeness (QED) is 0.770. The van der Waals surface area contributed by atoms with Gasteiger partial charge in [0.2, 0.25) is 0 Å². The molecule has 4 heteroatoms. The molecule has 1 unspecified atom stereocenters. The molecule has 1 N–H and O–H groups in total. The Morgan fingerprint density at radius 1 is 1.11 bits per heavy atom. The summed E-state index contributed by atoms with van der Waals surface area (Å²) >= 11 is 0. The SMILES string of the molecule is CCc1ccccc1OC(C)C(=O)NCc1cccc(CN2CCCC2)c1. The topological polar surface area (TPSA) is 41.6 Å². The number of hydrogen-bond acceptors (Lipinski definition) is 3. The van der Waals surface area contributed by atoms with Crippen LogP contribution in [0.25, 0.3) is 0 Å². The number of carbonyl (C=O) groups excluding carboxylic acids is 1. The average Bonchev–Trinajstić information content (AvgIpc) is 3.19. The highest BCUT2D eigenvalue weighted by atomic mass is 16.5. The Balaban J connectivity index is 1.52. The molecule has 0 aliphatic carbocycles. The van der Waals surface area contributed by atoms with Gasteiger partial charge in [0.25, 0.3) is 5.91 Å². The van der Waals surface area contributed by atoms with Gasteiger partial charge in [-0.2, -0.15) is 0 Å². The summed E-state index contributed by atoms with van der Waals surface area (Å²) in [7, 11) is 0. The highest BCUT2D eigenvalue weighted by Crippen LogP contribution is 2.20. The summed E-state index contributed by atoms with van der Waals surface area (Å²) in [5.74, 6) is 0.695. The number of hydrogen-bond donors (Lipinski definition) is 1. The highest BCUT2D eigenvalue weighted by Gasteiger charge is 2.16. The van der Waals surface area contributed by atoms with E-state index in [2.05, 4.69) is 41.4 Å². The fraction of sp³-hybridized carbons (Fsp3) is 0.435. The number of benzene rings is 2. The number of para-hydroxylation sites is 1. The van der Waals surface area contributed by atoms with Crippen LogP contribution < -0.4 is 10.1 Å². The Morgan fingerprint density at radius 2 is 1.85 bits per heavy atom. The zero-order chi connectivity index (χ0) is 19.1. The van der Waals surface area contributed by atoms with Crippen molar-refractivity contribution in [1.82, 2.24) is 10.2 Å². The van der Waals surface area contributed by atoms with E-state index in [1.54, 1.807) is 6.92 Å². The molecular weight excluding hydrogens is 336 g/mol. The maximum absolute atomic E-state index is 12.4. The zero-order valence-electron chi connectivity index (χ0n) is 16.4. The van der Waals surface area contributed by atoms with E-state index in [0.29, 0.717) is 6.54 Å². The smallest absolute Gasteiger partial charge is 0.261 e. The third-order valence-electron chi connectivity index (χ3n) is 5.09. The fourth-order valence-electron chi connectivity index (χ4n) is 3.52. The molecular formula is C23H30N2O2. The summed E-state index contributed by atoms with van der Waals surface area (Å²) in [6.07, 6.45) is 2.96. The van der Waals surface area contributed by atoms with Crippen LogP contribution in [-0.2, 0) is 24.3 Å². The molecule has 1 fully saturated rings. The lowest BCUT2D eigenvalue weighted by molar-refractivity contribution is -0.127. The van der Waals surface area contributed by atoms with Crippen molar-refractivity contribution in [3.05, 3.63) is 65.2 Å². The molecule has 0 bridgehead atoms. The molecule has 1 aliphatic rings. The summed E-state index contributed by atoms with van der Waals surface area (Å²) in [6, 6.07) is 16.4. The van der Waals surface area contributed by atoms with E-state index in [0.717, 1.165) is 29.8 Å². The first-order valence-corrected chi connectivity index (χ1v) is 9.98. The lowest BCUT2D eigenvalue weighted by Gasteiger charge is -2.17. The predicted molar refractivity (Wildman–Crippen MR) is 109 cm³/mol. The van der Waals surface area contributed by atoms with Crippen molar-refractivity contribution in [1.29, 1.82) is 0 Å². The van der Waals surface area contributed by atoms with E-state index in [1.807, 2.05) is 24.3 Å². The lowest BCUT2D eigenvalue weighted by Crippen LogP contribution is -2.36. The molecule has 144 valence electrons. The Morgan fingerprint density at radius 3 is 2.63 bits per heavy atom. The van der Waals surface area contributed by atoms with Gasteiger partial charge in [-0.15, -0.1) is 0 Å². The predicted octanol–water partition coefficient (Wildman–Crippen LogP) is 3.93. The van der Waals surface area contributed by atoms with Crippen LogP contribution in [0.2, 0.25) is 0 Å². The van der Waals surface area contributed by atoms with Crippen molar-refractivity contribution in [2.24, 2.45) is 0 Å². The maximum atomic E-state index is 12.4. The Kier molecular flexibility index (Phi) is 6.88. The molecule has 0 spiro atoms. The fourth-order valence-corrected chi connectivity index (χ4v) is 3.52. The molecule has 2 aromatic carbocycles. The van der Waals surface area contributed by atoms with Crippen molar-refractivity contribution >= 4 is 5.91 Å². The van der Waals surface area contributed by atoms with Gasteiger partial charge in [0.1, 0.15) is 5.75 Å². The first-order chi connectivity index (χ1) is 13.2. The number of carbonyl (C=O) groups is 1. The third kappa shape index (κ3) is 5.57. The van der Waals surface area contributed by atoms with Gasteiger partial charge >= 0.3 is 0 Å². The van der Waals surface area contributed by atoms with E-state index in [1.165, 1.54) is 31.5 Å². The maximum Gasteiger partial charge on any atom is 0.261 e. The Labute approximate surface area is 162 Å². The van der Waals surface area contributed by atoms with Gasteiger partial charge in [-0.25, -0.2) is 0 Å². The van der Waals surface area contributed by atoms with Crippen LogP contribution in [-0.4, -0.2) is 30.0 Å². The normalized spacial score (nSPS) is 15.5. The summed E-state index contributed by atoms with van der Waals surface area (Å²) < 4.78 is 5.88. The van der Waals surface area contributed by atoms with Crippen molar-refractivity contribution in [3.8, 4) is 5.75 Å². The molecule has 2 aromatic rings. The lowest BCUT2D eigenvalue weighted by atomic mass is 10.1. The second-order valence-corrected chi connectivity index (χ2v) is 7.24. The molecule has 3 rings (SSSR count). The van der Waals surface area contributed by atoms with Gasteiger partial charge in [-0.3, -0.25) is 9.69 Å². The van der Waals surface area contributed by atoms with Gasteiger partial charge in [-0.05, 0) is 62.0 Å². The summed E-state index contributed by atoms with van der Waals surface area (Å²) in [4.78, 5) is 14.9. The molecule has 1 amide bonds. The number of nitrogens with zero attached hydrogens (tertiary/aromatic N) is 1. The van der Waals surface area contributed by atoms with Crippen LogP contribution in [0.1, 0.15) is 43.4 Å². The molecule has 0 saturated carbocycles. The molecule has 1 heterocycles. The first kappa shape index (κ1) is 19.4. The minimum Gasteiger partial charge on any atom is -0.481 e. The van der Waals surface area contributed by atoms with Crippen LogP contribution in [0, 0.1) is 0 Å². The van der Waals surface area contributed by atoms with E-state index >= 15 is 0 Å². The number of likely N-dealkylation sites (tertiary alicyclic amines) is 1. The van der Waals surface area contributed by atoms with Crippen LogP contribution in [0.3, 0.4) is 0 Å². The minimum atomic E-state index is -0.523.